The Labute approximate surface area is 77.9 Å². The Hall–Kier alpha value is 0.140. The van der Waals surface area contributed by atoms with Crippen LogP contribution in [-0.2, 0) is 0 Å². The Bertz CT molecular complexity index is 165. The van der Waals surface area contributed by atoms with Crippen molar-refractivity contribution in [3.8, 4) is 0 Å². The molecular formula is C8H15ClFNO. The largest absolute Gasteiger partial charge is 0.393 e. The van der Waals surface area contributed by atoms with Gasteiger partial charge in [0.25, 0.3) is 0 Å². The Balaban J connectivity index is 0.000000720. The highest BCUT2D eigenvalue weighted by Crippen LogP contribution is 2.44. The summed E-state index contributed by atoms with van der Waals surface area (Å²) in [5.74, 6) is 0.620. The van der Waals surface area contributed by atoms with Crippen LogP contribution in [0.15, 0.2) is 0 Å². The van der Waals surface area contributed by atoms with E-state index in [0.717, 1.165) is 19.4 Å². The Morgan fingerprint density at radius 2 is 2.17 bits per heavy atom. The molecule has 0 aromatic heterocycles. The monoisotopic (exact) mass is 195 g/mol. The van der Waals surface area contributed by atoms with Gasteiger partial charge in [0.15, 0.2) is 5.67 Å². The van der Waals surface area contributed by atoms with Gasteiger partial charge < -0.3 is 10.4 Å². The van der Waals surface area contributed by atoms with Gasteiger partial charge >= 0.3 is 0 Å². The fourth-order valence-electron chi connectivity index (χ4n) is 2.01. The smallest absolute Gasteiger partial charge is 0.150 e. The molecule has 1 saturated heterocycles. The summed E-state index contributed by atoms with van der Waals surface area (Å²) in [6.07, 6.45) is 2.30. The highest BCUT2D eigenvalue weighted by atomic mass is 35.5. The van der Waals surface area contributed by atoms with Gasteiger partial charge in [0.2, 0.25) is 0 Å². The zero-order valence-corrected chi connectivity index (χ0v) is 7.74. The van der Waals surface area contributed by atoms with Crippen molar-refractivity contribution >= 4 is 12.4 Å². The van der Waals surface area contributed by atoms with Crippen LogP contribution in [0.3, 0.4) is 0 Å². The van der Waals surface area contributed by atoms with Crippen LogP contribution in [0, 0.1) is 11.8 Å². The number of hydrogen-bond acceptors (Lipinski definition) is 2. The Morgan fingerprint density at radius 1 is 1.50 bits per heavy atom. The quantitative estimate of drug-likeness (QED) is 0.681. The molecule has 2 unspecified atom stereocenters. The first-order chi connectivity index (χ1) is 5.26. The average molecular weight is 196 g/mol. The standard InChI is InChI=1S/C8H14FNO.ClH/c9-8(5-11)4-10-3-7(8)6-1-2-6;/h6-7,10-11H,1-5H2;1H. The van der Waals surface area contributed by atoms with Gasteiger partial charge in [-0.3, -0.25) is 0 Å². The maximum Gasteiger partial charge on any atom is 0.150 e. The third kappa shape index (κ3) is 1.58. The molecule has 4 heteroatoms. The van der Waals surface area contributed by atoms with Crippen molar-refractivity contribution in [1.82, 2.24) is 5.32 Å². The predicted octanol–water partition coefficient (Wildman–Crippen LogP) is 0.738. The van der Waals surface area contributed by atoms with Crippen LogP contribution in [-0.4, -0.2) is 30.5 Å². The molecule has 2 aliphatic rings. The topological polar surface area (TPSA) is 32.3 Å². The molecule has 1 heterocycles. The molecule has 2 N–H and O–H groups in total. The van der Waals surface area contributed by atoms with Crippen LogP contribution in [0.2, 0.25) is 0 Å². The van der Waals surface area contributed by atoms with E-state index in [1.807, 2.05) is 0 Å². The van der Waals surface area contributed by atoms with Gasteiger partial charge in [-0.2, -0.15) is 0 Å². The second kappa shape index (κ2) is 3.48. The molecule has 1 saturated carbocycles. The zero-order chi connectivity index (χ0) is 7.90. The lowest BCUT2D eigenvalue weighted by molar-refractivity contribution is 0.0412. The molecule has 2 fully saturated rings. The van der Waals surface area contributed by atoms with E-state index in [2.05, 4.69) is 5.32 Å². The molecule has 0 radical (unpaired) electrons. The maximum absolute atomic E-state index is 13.7. The van der Waals surface area contributed by atoms with Crippen molar-refractivity contribution in [3.63, 3.8) is 0 Å². The van der Waals surface area contributed by atoms with Gasteiger partial charge in [0.1, 0.15) is 0 Å². The number of alkyl halides is 1. The fraction of sp³-hybridized carbons (Fsp3) is 1.00. The van der Waals surface area contributed by atoms with E-state index in [4.69, 9.17) is 5.11 Å². The number of rotatable bonds is 2. The van der Waals surface area contributed by atoms with E-state index < -0.39 is 5.67 Å². The van der Waals surface area contributed by atoms with E-state index in [9.17, 15) is 4.39 Å². The Morgan fingerprint density at radius 3 is 2.67 bits per heavy atom. The highest BCUT2D eigenvalue weighted by molar-refractivity contribution is 5.85. The SMILES string of the molecule is Cl.OCC1(F)CNCC1C1CC1. The fourth-order valence-corrected chi connectivity index (χ4v) is 2.01. The number of halogens is 2. The van der Waals surface area contributed by atoms with E-state index in [0.29, 0.717) is 12.5 Å². The summed E-state index contributed by atoms with van der Waals surface area (Å²) < 4.78 is 13.7. The molecule has 0 amide bonds. The third-order valence-corrected chi connectivity index (χ3v) is 2.90. The molecule has 1 aliphatic heterocycles. The molecule has 0 aromatic carbocycles. The van der Waals surface area contributed by atoms with Crippen molar-refractivity contribution in [2.75, 3.05) is 19.7 Å². The second-order valence-corrected chi connectivity index (χ2v) is 3.77. The van der Waals surface area contributed by atoms with Gasteiger partial charge in [-0.05, 0) is 18.8 Å². The van der Waals surface area contributed by atoms with Gasteiger partial charge in [-0.15, -0.1) is 12.4 Å². The van der Waals surface area contributed by atoms with Crippen LogP contribution in [0.4, 0.5) is 4.39 Å². The molecule has 1 aliphatic carbocycles. The summed E-state index contributed by atoms with van der Waals surface area (Å²) in [5.41, 5.74) is -1.32. The minimum atomic E-state index is -1.32. The molecule has 12 heavy (non-hydrogen) atoms. The first-order valence-electron chi connectivity index (χ1n) is 4.27. The minimum absolute atomic E-state index is 0. The first kappa shape index (κ1) is 10.2. The molecule has 0 aromatic rings. The maximum atomic E-state index is 13.7. The van der Waals surface area contributed by atoms with Gasteiger partial charge in [0, 0.05) is 19.0 Å². The molecule has 2 nitrogen and oxygen atoms in total. The predicted molar refractivity (Wildman–Crippen MR) is 47.3 cm³/mol. The van der Waals surface area contributed by atoms with Crippen molar-refractivity contribution in [1.29, 1.82) is 0 Å². The second-order valence-electron chi connectivity index (χ2n) is 3.77. The zero-order valence-electron chi connectivity index (χ0n) is 6.92. The van der Waals surface area contributed by atoms with Crippen molar-refractivity contribution in [3.05, 3.63) is 0 Å². The summed E-state index contributed by atoms with van der Waals surface area (Å²) in [5, 5.41) is 11.9. The van der Waals surface area contributed by atoms with Crippen molar-refractivity contribution in [2.45, 2.75) is 18.5 Å². The normalized spacial score (nSPS) is 41.0. The van der Waals surface area contributed by atoms with Crippen LogP contribution in [0.1, 0.15) is 12.8 Å². The molecule has 0 spiro atoms. The van der Waals surface area contributed by atoms with E-state index in [1.165, 1.54) is 0 Å². The van der Waals surface area contributed by atoms with Crippen LogP contribution < -0.4 is 5.32 Å². The Kier molecular flexibility index (Phi) is 2.97. The van der Waals surface area contributed by atoms with Gasteiger partial charge in [-0.25, -0.2) is 4.39 Å². The number of hydrogen-bond donors (Lipinski definition) is 2. The minimum Gasteiger partial charge on any atom is -0.393 e. The molecular weight excluding hydrogens is 181 g/mol. The summed E-state index contributed by atoms with van der Waals surface area (Å²) in [6.45, 7) is 0.771. The lowest BCUT2D eigenvalue weighted by atomic mass is 9.89. The summed E-state index contributed by atoms with van der Waals surface area (Å²) in [7, 11) is 0. The molecule has 72 valence electrons. The lowest BCUT2D eigenvalue weighted by Crippen LogP contribution is -2.37. The van der Waals surface area contributed by atoms with Crippen LogP contribution in [0.5, 0.6) is 0 Å². The summed E-state index contributed by atoms with van der Waals surface area (Å²) in [4.78, 5) is 0. The third-order valence-electron chi connectivity index (χ3n) is 2.90. The molecule has 2 atom stereocenters. The van der Waals surface area contributed by atoms with Crippen LogP contribution >= 0.6 is 12.4 Å². The molecule has 2 rings (SSSR count). The van der Waals surface area contributed by atoms with E-state index >= 15 is 0 Å². The summed E-state index contributed by atoms with van der Waals surface area (Å²) in [6, 6.07) is 0. The average Bonchev–Trinajstić information content (AvgIpc) is 2.77. The van der Waals surface area contributed by atoms with Gasteiger partial charge in [-0.1, -0.05) is 0 Å². The van der Waals surface area contributed by atoms with E-state index in [1.54, 1.807) is 0 Å². The number of aliphatic hydroxyl groups is 1. The summed E-state index contributed by atoms with van der Waals surface area (Å²) >= 11 is 0. The highest BCUT2D eigenvalue weighted by Gasteiger charge is 2.49. The number of nitrogens with one attached hydrogen (secondary N) is 1. The van der Waals surface area contributed by atoms with Crippen molar-refractivity contribution < 1.29 is 9.50 Å². The van der Waals surface area contributed by atoms with E-state index in [-0.39, 0.29) is 24.9 Å². The lowest BCUT2D eigenvalue weighted by Gasteiger charge is -2.23. The van der Waals surface area contributed by atoms with Gasteiger partial charge in [0.05, 0.1) is 6.61 Å². The molecule has 0 bridgehead atoms. The van der Waals surface area contributed by atoms with Crippen LogP contribution in [0.25, 0.3) is 0 Å². The number of aliphatic hydroxyl groups excluding tert-OH is 1. The van der Waals surface area contributed by atoms with Crippen molar-refractivity contribution in [2.24, 2.45) is 11.8 Å². The first-order valence-corrected chi connectivity index (χ1v) is 4.27.